The summed E-state index contributed by atoms with van der Waals surface area (Å²) in [6.45, 7) is 4.46. The number of carbonyl (C=O) groups is 4. The second kappa shape index (κ2) is 27.1. The molecule has 0 aromatic heterocycles. The van der Waals surface area contributed by atoms with Gasteiger partial charge in [0.1, 0.15) is 6.10 Å². The van der Waals surface area contributed by atoms with Gasteiger partial charge in [0, 0.05) is 19.3 Å². The van der Waals surface area contributed by atoms with Crippen LogP contribution < -0.4 is 0 Å². The van der Waals surface area contributed by atoms with E-state index in [1.165, 1.54) is 89.9 Å². The number of ketones is 4. The van der Waals surface area contributed by atoms with Crippen LogP contribution in [0.5, 0.6) is 0 Å². The molecule has 1 rings (SSSR count). The Hall–Kier alpha value is -1.70. The zero-order valence-electron chi connectivity index (χ0n) is 30.9. The summed E-state index contributed by atoms with van der Waals surface area (Å²) in [7, 11) is 0. The average molecular weight is 677 g/mol. The molecular weight excluding hydrogens is 604 g/mol. The minimum absolute atomic E-state index is 0.00194. The van der Waals surface area contributed by atoms with Gasteiger partial charge in [0.05, 0.1) is 0 Å². The lowest BCUT2D eigenvalue weighted by Crippen LogP contribution is -2.71. The Morgan fingerprint density at radius 2 is 0.979 bits per heavy atom. The molecule has 1 saturated carbocycles. The molecular formula is C41H72O7. The zero-order chi connectivity index (χ0) is 35.5. The number of carbonyl (C=O) groups excluding carboxylic acids is 4. The standard InChI is InChI=1S/C41H72O7/c1-3-5-7-9-11-13-15-17-18-20-22-24-26-28-30-32-36(43)41(48,40(47)37(44)33-34-38(40)45)39(46)35(42)31-29-27-25-23-21-19-16-14-12-10-8-6-4-2/h17-18,35,42,47-48H,3-16,19-34H2,1-2H3. The van der Waals surface area contributed by atoms with Crippen molar-refractivity contribution < 1.29 is 34.5 Å². The number of hydrogen-bond acceptors (Lipinski definition) is 7. The Kier molecular flexibility index (Phi) is 25.0. The van der Waals surface area contributed by atoms with Crippen LogP contribution in [0.1, 0.15) is 206 Å². The molecule has 7 nitrogen and oxygen atoms in total. The summed E-state index contributed by atoms with van der Waals surface area (Å²) in [6, 6.07) is 0. The van der Waals surface area contributed by atoms with E-state index in [1.807, 2.05) is 0 Å². The first-order chi connectivity index (χ1) is 23.2. The van der Waals surface area contributed by atoms with Crippen molar-refractivity contribution in [1.82, 2.24) is 0 Å². The Balaban J connectivity index is 2.44. The quantitative estimate of drug-likeness (QED) is 0.0359. The molecule has 7 heteroatoms. The zero-order valence-corrected chi connectivity index (χ0v) is 30.9. The Morgan fingerprint density at radius 3 is 1.40 bits per heavy atom. The lowest BCUT2D eigenvalue weighted by molar-refractivity contribution is -0.190. The molecule has 0 radical (unpaired) electrons. The van der Waals surface area contributed by atoms with E-state index in [2.05, 4.69) is 26.0 Å². The second-order valence-corrected chi connectivity index (χ2v) is 14.4. The summed E-state index contributed by atoms with van der Waals surface area (Å²) in [6.07, 6.45) is 30.4. The van der Waals surface area contributed by atoms with Gasteiger partial charge >= 0.3 is 0 Å². The molecule has 0 bridgehead atoms. The molecule has 1 fully saturated rings. The molecule has 0 spiro atoms. The molecule has 0 heterocycles. The summed E-state index contributed by atoms with van der Waals surface area (Å²) in [5, 5.41) is 33.3. The van der Waals surface area contributed by atoms with Crippen LogP contribution in [0.25, 0.3) is 0 Å². The van der Waals surface area contributed by atoms with Crippen molar-refractivity contribution in [2.75, 3.05) is 0 Å². The smallest absolute Gasteiger partial charge is 0.227 e. The first-order valence-electron chi connectivity index (χ1n) is 20.1. The minimum atomic E-state index is -3.26. The third-order valence-electron chi connectivity index (χ3n) is 10.2. The van der Waals surface area contributed by atoms with E-state index in [9.17, 15) is 34.5 Å². The van der Waals surface area contributed by atoms with Crippen LogP contribution in [0.4, 0.5) is 0 Å². The van der Waals surface area contributed by atoms with E-state index in [4.69, 9.17) is 0 Å². The number of hydrogen-bond donors (Lipinski definition) is 3. The SMILES string of the molecule is CCCCCCCCC=CCCCCCCCC(=O)C(O)(C(=O)C(O)CCCCCCCCCCCCCCC)C1(O)C(=O)CCC1=O. The number of aliphatic hydroxyl groups is 3. The molecule has 0 aromatic rings. The Morgan fingerprint density at radius 1 is 0.625 bits per heavy atom. The molecule has 0 aliphatic heterocycles. The summed E-state index contributed by atoms with van der Waals surface area (Å²) >= 11 is 0. The number of aliphatic hydroxyl groups excluding tert-OH is 1. The van der Waals surface area contributed by atoms with Gasteiger partial charge in [-0.1, -0.05) is 161 Å². The van der Waals surface area contributed by atoms with E-state index >= 15 is 0 Å². The first kappa shape index (κ1) is 44.3. The predicted octanol–water partition coefficient (Wildman–Crippen LogP) is 9.40. The predicted molar refractivity (Wildman–Crippen MR) is 195 cm³/mol. The molecule has 278 valence electrons. The highest BCUT2D eigenvalue weighted by atomic mass is 16.4. The van der Waals surface area contributed by atoms with Crippen molar-refractivity contribution in [3.05, 3.63) is 12.2 Å². The number of rotatable bonds is 33. The van der Waals surface area contributed by atoms with Crippen LogP contribution in [0.3, 0.4) is 0 Å². The van der Waals surface area contributed by atoms with Crippen molar-refractivity contribution >= 4 is 23.1 Å². The Labute approximate surface area is 293 Å². The molecule has 1 aliphatic rings. The number of Topliss-reactive ketones (excluding diaryl/α,β-unsaturated/α-hetero) is 4. The minimum Gasteiger partial charge on any atom is -0.385 e. The van der Waals surface area contributed by atoms with Gasteiger partial charge in [-0.15, -0.1) is 0 Å². The lowest BCUT2D eigenvalue weighted by Gasteiger charge is -2.37. The number of allylic oxidation sites excluding steroid dienone is 2. The summed E-state index contributed by atoms with van der Waals surface area (Å²) < 4.78 is 0. The van der Waals surface area contributed by atoms with E-state index in [0.717, 1.165) is 57.8 Å². The summed E-state index contributed by atoms with van der Waals surface area (Å²) in [4.78, 5) is 52.1. The molecule has 48 heavy (non-hydrogen) atoms. The first-order valence-corrected chi connectivity index (χ1v) is 20.1. The van der Waals surface area contributed by atoms with Gasteiger partial charge in [0.25, 0.3) is 0 Å². The van der Waals surface area contributed by atoms with E-state index in [1.54, 1.807) is 0 Å². The van der Waals surface area contributed by atoms with Crippen molar-refractivity contribution in [1.29, 1.82) is 0 Å². The van der Waals surface area contributed by atoms with Crippen LogP contribution in [-0.4, -0.2) is 55.8 Å². The van der Waals surface area contributed by atoms with Crippen LogP contribution >= 0.6 is 0 Å². The fourth-order valence-corrected chi connectivity index (χ4v) is 6.93. The average Bonchev–Trinajstić information content (AvgIpc) is 3.35. The van der Waals surface area contributed by atoms with Crippen molar-refractivity contribution in [3.8, 4) is 0 Å². The van der Waals surface area contributed by atoms with E-state index in [-0.39, 0.29) is 25.7 Å². The van der Waals surface area contributed by atoms with Crippen molar-refractivity contribution in [3.63, 3.8) is 0 Å². The fourth-order valence-electron chi connectivity index (χ4n) is 6.93. The van der Waals surface area contributed by atoms with E-state index in [0.29, 0.717) is 19.3 Å². The van der Waals surface area contributed by atoms with E-state index < -0.39 is 40.4 Å². The Bertz CT molecular complexity index is 910. The molecule has 0 aromatic carbocycles. The molecule has 0 saturated heterocycles. The van der Waals surface area contributed by atoms with Crippen LogP contribution in [0.15, 0.2) is 12.2 Å². The van der Waals surface area contributed by atoms with Gasteiger partial charge in [0.2, 0.25) is 17.0 Å². The molecule has 3 N–H and O–H groups in total. The largest absolute Gasteiger partial charge is 0.385 e. The highest BCUT2D eigenvalue weighted by Crippen LogP contribution is 2.37. The lowest BCUT2D eigenvalue weighted by atomic mass is 9.71. The monoisotopic (exact) mass is 677 g/mol. The van der Waals surface area contributed by atoms with Gasteiger partial charge < -0.3 is 15.3 Å². The maximum atomic E-state index is 13.4. The van der Waals surface area contributed by atoms with Gasteiger partial charge in [0.15, 0.2) is 17.3 Å². The van der Waals surface area contributed by atoms with Gasteiger partial charge in [-0.05, 0) is 38.5 Å². The van der Waals surface area contributed by atoms with Gasteiger partial charge in [-0.2, -0.15) is 0 Å². The maximum absolute atomic E-state index is 13.4. The summed E-state index contributed by atoms with van der Waals surface area (Å²) in [5.74, 6) is -4.45. The third-order valence-corrected chi connectivity index (χ3v) is 10.2. The third kappa shape index (κ3) is 15.9. The van der Waals surface area contributed by atoms with Crippen molar-refractivity contribution in [2.45, 2.75) is 224 Å². The van der Waals surface area contributed by atoms with Crippen LogP contribution in [0, 0.1) is 0 Å². The fraction of sp³-hybridized carbons (Fsp3) is 0.854. The summed E-state index contributed by atoms with van der Waals surface area (Å²) in [5.41, 5.74) is -6.38. The highest BCUT2D eigenvalue weighted by Gasteiger charge is 2.69. The van der Waals surface area contributed by atoms with Gasteiger partial charge in [-0.3, -0.25) is 19.2 Å². The van der Waals surface area contributed by atoms with Gasteiger partial charge in [-0.25, -0.2) is 0 Å². The highest BCUT2D eigenvalue weighted by molar-refractivity contribution is 6.28. The second-order valence-electron chi connectivity index (χ2n) is 14.4. The van der Waals surface area contributed by atoms with Crippen LogP contribution in [0.2, 0.25) is 0 Å². The molecule has 1 aliphatic carbocycles. The number of unbranched alkanes of at least 4 members (excludes halogenated alkanes) is 23. The topological polar surface area (TPSA) is 129 Å². The van der Waals surface area contributed by atoms with Crippen LogP contribution in [-0.2, 0) is 19.2 Å². The van der Waals surface area contributed by atoms with Crippen molar-refractivity contribution in [2.24, 2.45) is 0 Å². The molecule has 0 amide bonds. The molecule has 2 unspecified atom stereocenters. The maximum Gasteiger partial charge on any atom is 0.227 e. The normalized spacial score (nSPS) is 16.5. The molecule has 2 atom stereocenters.